The quantitative estimate of drug-likeness (QED) is 0.892. The van der Waals surface area contributed by atoms with Crippen molar-refractivity contribution in [2.24, 2.45) is 5.73 Å². The third kappa shape index (κ3) is 2.42. The van der Waals surface area contributed by atoms with Gasteiger partial charge in [0.25, 0.3) is 0 Å². The molecule has 2 rings (SSSR count). The van der Waals surface area contributed by atoms with Crippen LogP contribution in [0.3, 0.4) is 0 Å². The Kier molecular flexibility index (Phi) is 4.02. The lowest BCUT2D eigenvalue weighted by Gasteiger charge is -2.30. The fourth-order valence-corrected chi connectivity index (χ4v) is 2.74. The molecule has 1 aromatic rings. The van der Waals surface area contributed by atoms with Gasteiger partial charge in [0.2, 0.25) is 5.91 Å². The average molecular weight is 282 g/mol. The van der Waals surface area contributed by atoms with E-state index in [4.69, 9.17) is 17.3 Å². The van der Waals surface area contributed by atoms with Gasteiger partial charge in [0.05, 0.1) is 10.7 Å². The average Bonchev–Trinajstić information content (AvgIpc) is 2.66. The molecule has 1 aliphatic heterocycles. The number of hydrogen-bond acceptors (Lipinski definition) is 3. The molecule has 1 aromatic carbocycles. The lowest BCUT2D eigenvalue weighted by Crippen LogP contribution is -2.32. The molecule has 19 heavy (non-hydrogen) atoms. The van der Waals surface area contributed by atoms with Crippen molar-refractivity contribution in [3.63, 3.8) is 0 Å². The normalized spacial score (nSPS) is 19.0. The van der Waals surface area contributed by atoms with Crippen LogP contribution in [-0.2, 0) is 4.79 Å². The van der Waals surface area contributed by atoms with Crippen molar-refractivity contribution in [3.05, 3.63) is 22.7 Å². The molecule has 0 aromatic heterocycles. The highest BCUT2D eigenvalue weighted by Gasteiger charge is 2.29. The van der Waals surface area contributed by atoms with E-state index in [-0.39, 0.29) is 5.91 Å². The number of carbonyl (C=O) groups is 1. The van der Waals surface area contributed by atoms with E-state index >= 15 is 0 Å². The summed E-state index contributed by atoms with van der Waals surface area (Å²) in [6.07, 6.45) is 1.03. The molecule has 0 spiro atoms. The minimum atomic E-state index is -0.611. The Morgan fingerprint density at radius 2 is 2.16 bits per heavy atom. The van der Waals surface area contributed by atoms with Gasteiger partial charge in [-0.3, -0.25) is 4.79 Å². The minimum absolute atomic E-state index is 0.171. The Balaban J connectivity index is 2.44. The number of nitrogens with two attached hydrogens (primary N) is 1. The maximum atomic E-state index is 11.6. The summed E-state index contributed by atoms with van der Waals surface area (Å²) in [6.45, 7) is 7.28. The zero-order valence-corrected chi connectivity index (χ0v) is 12.3. The molecule has 0 fully saturated rings. The Bertz CT molecular complexity index is 504. The van der Waals surface area contributed by atoms with Gasteiger partial charge in [-0.25, -0.2) is 0 Å². The summed E-state index contributed by atoms with van der Waals surface area (Å²) in [6, 6.07) is 3.52. The zero-order chi connectivity index (χ0) is 14.2. The van der Waals surface area contributed by atoms with Crippen LogP contribution in [0, 0.1) is 0 Å². The lowest BCUT2D eigenvalue weighted by atomic mass is 10.1. The van der Waals surface area contributed by atoms with Gasteiger partial charge in [0.15, 0.2) is 0 Å². The molecule has 5 heteroatoms. The van der Waals surface area contributed by atoms with Crippen LogP contribution in [0.1, 0.15) is 38.8 Å². The topological polar surface area (TPSA) is 58.4 Å². The van der Waals surface area contributed by atoms with Crippen LogP contribution in [0.5, 0.6) is 0 Å². The highest BCUT2D eigenvalue weighted by Crippen LogP contribution is 2.38. The van der Waals surface area contributed by atoms with E-state index in [0.717, 1.165) is 29.9 Å². The molecule has 104 valence electrons. The van der Waals surface area contributed by atoms with Crippen LogP contribution in [0.25, 0.3) is 0 Å². The summed E-state index contributed by atoms with van der Waals surface area (Å²) in [4.78, 5) is 13.8. The van der Waals surface area contributed by atoms with Gasteiger partial charge < -0.3 is 16.0 Å². The van der Waals surface area contributed by atoms with Gasteiger partial charge in [-0.2, -0.15) is 0 Å². The summed E-state index contributed by atoms with van der Waals surface area (Å²) < 4.78 is 0. The molecule has 1 aliphatic rings. The van der Waals surface area contributed by atoms with Crippen LogP contribution < -0.4 is 16.0 Å². The van der Waals surface area contributed by atoms with Gasteiger partial charge >= 0.3 is 0 Å². The van der Waals surface area contributed by atoms with Gasteiger partial charge in [0.1, 0.15) is 6.04 Å². The minimum Gasteiger partial charge on any atom is -0.368 e. The Morgan fingerprint density at radius 1 is 1.47 bits per heavy atom. The summed E-state index contributed by atoms with van der Waals surface area (Å²) in [5.74, 6) is -0.171. The maximum absolute atomic E-state index is 11.6. The van der Waals surface area contributed by atoms with E-state index in [1.807, 2.05) is 6.07 Å². The lowest BCUT2D eigenvalue weighted by molar-refractivity contribution is -0.116. The van der Waals surface area contributed by atoms with E-state index in [1.54, 1.807) is 6.07 Å². The Labute approximate surface area is 118 Å². The molecule has 1 amide bonds. The van der Waals surface area contributed by atoms with Crippen molar-refractivity contribution < 1.29 is 4.79 Å². The van der Waals surface area contributed by atoms with Gasteiger partial charge in [0, 0.05) is 23.8 Å². The number of benzene rings is 1. The van der Waals surface area contributed by atoms with Gasteiger partial charge in [-0.1, -0.05) is 18.5 Å². The molecular formula is C14H20ClN3O. The molecule has 3 N–H and O–H groups in total. The van der Waals surface area contributed by atoms with Crippen molar-refractivity contribution in [2.75, 3.05) is 16.8 Å². The zero-order valence-electron chi connectivity index (χ0n) is 11.5. The predicted molar refractivity (Wildman–Crippen MR) is 79.8 cm³/mol. The highest BCUT2D eigenvalue weighted by molar-refractivity contribution is 6.33. The number of rotatable bonds is 4. The highest BCUT2D eigenvalue weighted by atomic mass is 35.5. The first-order valence-corrected chi connectivity index (χ1v) is 7.03. The molecule has 4 nitrogen and oxygen atoms in total. The molecule has 0 saturated heterocycles. The van der Waals surface area contributed by atoms with Crippen molar-refractivity contribution in [2.45, 2.75) is 39.3 Å². The smallest absolute Gasteiger partial charge is 0.245 e. The molecule has 0 radical (unpaired) electrons. The summed E-state index contributed by atoms with van der Waals surface area (Å²) in [5.41, 5.74) is 8.32. The predicted octanol–water partition coefficient (Wildman–Crippen LogP) is 2.92. The molecule has 0 saturated carbocycles. The number of amides is 1. The van der Waals surface area contributed by atoms with Crippen LogP contribution in [-0.4, -0.2) is 18.5 Å². The largest absolute Gasteiger partial charge is 0.368 e. The second-order valence-electron chi connectivity index (χ2n) is 4.90. The number of halogens is 1. The van der Waals surface area contributed by atoms with E-state index in [2.05, 4.69) is 31.0 Å². The molecule has 1 heterocycles. The van der Waals surface area contributed by atoms with Gasteiger partial charge in [-0.05, 0) is 32.4 Å². The molecule has 2 atom stereocenters. The number of fused-ring (bicyclic) bond motifs is 1. The fourth-order valence-electron chi connectivity index (χ4n) is 2.45. The molecular weight excluding hydrogens is 262 g/mol. The summed E-state index contributed by atoms with van der Waals surface area (Å²) >= 11 is 6.36. The van der Waals surface area contributed by atoms with Crippen molar-refractivity contribution in [1.29, 1.82) is 0 Å². The first-order valence-electron chi connectivity index (χ1n) is 6.66. The van der Waals surface area contributed by atoms with E-state index in [0.29, 0.717) is 11.1 Å². The third-order valence-corrected chi connectivity index (χ3v) is 4.07. The Hall–Kier alpha value is -1.26. The molecule has 0 bridgehead atoms. The van der Waals surface area contributed by atoms with Crippen molar-refractivity contribution in [1.82, 2.24) is 0 Å². The first-order chi connectivity index (χ1) is 8.99. The number of nitrogens with zero attached hydrogens (tertiary/aromatic N) is 1. The summed E-state index contributed by atoms with van der Waals surface area (Å²) in [5, 5.41) is 3.45. The van der Waals surface area contributed by atoms with Crippen molar-refractivity contribution >= 4 is 28.9 Å². The monoisotopic (exact) mass is 281 g/mol. The SMILES string of the molecule is CCC(C)N(CC)c1cc2c(cc1Cl)C(N)C(=O)N2. The fraction of sp³-hybridized carbons (Fsp3) is 0.500. The molecule has 0 aliphatic carbocycles. The first kappa shape index (κ1) is 14.2. The van der Waals surface area contributed by atoms with Crippen molar-refractivity contribution in [3.8, 4) is 0 Å². The number of nitrogens with one attached hydrogen (secondary N) is 1. The second kappa shape index (κ2) is 5.39. The third-order valence-electron chi connectivity index (χ3n) is 3.77. The van der Waals surface area contributed by atoms with E-state index in [1.165, 1.54) is 0 Å². The standard InChI is InChI=1S/C14H20ClN3O/c1-4-8(3)18(5-2)12-7-11-9(6-10(12)15)13(16)14(19)17-11/h6-8,13H,4-5,16H2,1-3H3,(H,17,19). The van der Waals surface area contributed by atoms with Crippen LogP contribution in [0.2, 0.25) is 5.02 Å². The van der Waals surface area contributed by atoms with Crippen LogP contribution in [0.4, 0.5) is 11.4 Å². The Morgan fingerprint density at radius 3 is 2.74 bits per heavy atom. The maximum Gasteiger partial charge on any atom is 0.245 e. The second-order valence-corrected chi connectivity index (χ2v) is 5.31. The van der Waals surface area contributed by atoms with Crippen LogP contribution in [0.15, 0.2) is 12.1 Å². The van der Waals surface area contributed by atoms with E-state index < -0.39 is 6.04 Å². The number of anilines is 2. The van der Waals surface area contributed by atoms with Crippen LogP contribution >= 0.6 is 11.6 Å². The molecule has 2 unspecified atom stereocenters. The van der Waals surface area contributed by atoms with E-state index in [9.17, 15) is 4.79 Å². The number of carbonyl (C=O) groups excluding carboxylic acids is 1. The number of hydrogen-bond donors (Lipinski definition) is 2. The summed E-state index contributed by atoms with van der Waals surface area (Å²) in [7, 11) is 0. The van der Waals surface area contributed by atoms with Gasteiger partial charge in [-0.15, -0.1) is 0 Å².